The molecular formula is C14H19NS. The fraction of sp³-hybridized carbons (Fsp3) is 0.571. The molecule has 0 radical (unpaired) electrons. The summed E-state index contributed by atoms with van der Waals surface area (Å²) in [6.45, 7) is 4.74. The summed E-state index contributed by atoms with van der Waals surface area (Å²) in [6, 6.07) is 8.86. The fourth-order valence-electron chi connectivity index (χ4n) is 2.52. The van der Waals surface area contributed by atoms with Crippen LogP contribution in [0.3, 0.4) is 0 Å². The van der Waals surface area contributed by atoms with Crippen molar-refractivity contribution in [2.45, 2.75) is 24.2 Å². The van der Waals surface area contributed by atoms with E-state index in [2.05, 4.69) is 36.5 Å². The van der Waals surface area contributed by atoms with Crippen LogP contribution in [0.15, 0.2) is 29.2 Å². The lowest BCUT2D eigenvalue weighted by Crippen LogP contribution is -2.24. The Morgan fingerprint density at radius 3 is 2.94 bits per heavy atom. The van der Waals surface area contributed by atoms with E-state index in [0.29, 0.717) is 0 Å². The van der Waals surface area contributed by atoms with E-state index in [0.717, 1.165) is 24.3 Å². The van der Waals surface area contributed by atoms with Gasteiger partial charge in [0.25, 0.3) is 0 Å². The van der Waals surface area contributed by atoms with E-state index in [9.17, 15) is 0 Å². The van der Waals surface area contributed by atoms with Gasteiger partial charge in [-0.1, -0.05) is 25.1 Å². The predicted molar refractivity (Wildman–Crippen MR) is 70.0 cm³/mol. The Morgan fingerprint density at radius 2 is 2.12 bits per heavy atom. The Morgan fingerprint density at radius 1 is 1.31 bits per heavy atom. The predicted octanol–water partition coefficient (Wildman–Crippen LogP) is 3.12. The molecule has 0 spiro atoms. The first-order chi connectivity index (χ1) is 7.84. The molecule has 1 saturated carbocycles. The number of thioether (sulfide) groups is 1. The molecule has 86 valence electrons. The first-order valence-corrected chi connectivity index (χ1v) is 7.25. The van der Waals surface area contributed by atoms with E-state index >= 15 is 0 Å². The fourth-order valence-corrected chi connectivity index (χ4v) is 3.78. The highest BCUT2D eigenvalue weighted by molar-refractivity contribution is 7.99. The van der Waals surface area contributed by atoms with E-state index in [1.54, 1.807) is 5.56 Å². The van der Waals surface area contributed by atoms with Gasteiger partial charge in [0.2, 0.25) is 0 Å². The largest absolute Gasteiger partial charge is 0.316 e. The molecule has 16 heavy (non-hydrogen) atoms. The average molecular weight is 233 g/mol. The standard InChI is InChI=1S/C14H19NS/c1-10-6-11(10)7-15-8-12-9-16-14-5-3-2-4-13(12)14/h2-5,10-12,15H,6-9H2,1H3. The number of nitrogens with one attached hydrogen (secondary N) is 1. The molecule has 2 aliphatic rings. The summed E-state index contributed by atoms with van der Waals surface area (Å²) in [4.78, 5) is 1.49. The summed E-state index contributed by atoms with van der Waals surface area (Å²) in [5.74, 6) is 3.92. The van der Waals surface area contributed by atoms with E-state index < -0.39 is 0 Å². The van der Waals surface area contributed by atoms with Crippen molar-refractivity contribution in [1.29, 1.82) is 0 Å². The molecule has 1 heterocycles. The Kier molecular flexibility index (Phi) is 2.95. The number of hydrogen-bond acceptors (Lipinski definition) is 2. The van der Waals surface area contributed by atoms with Gasteiger partial charge in [-0.05, 0) is 36.4 Å². The van der Waals surface area contributed by atoms with E-state index in [1.807, 2.05) is 11.8 Å². The first-order valence-electron chi connectivity index (χ1n) is 6.27. The van der Waals surface area contributed by atoms with Gasteiger partial charge in [-0.2, -0.15) is 0 Å². The maximum absolute atomic E-state index is 3.65. The van der Waals surface area contributed by atoms with Crippen LogP contribution in [0.2, 0.25) is 0 Å². The lowest BCUT2D eigenvalue weighted by atomic mass is 10.0. The van der Waals surface area contributed by atoms with Crippen molar-refractivity contribution < 1.29 is 0 Å². The zero-order valence-electron chi connectivity index (χ0n) is 9.78. The van der Waals surface area contributed by atoms with Crippen LogP contribution in [0.5, 0.6) is 0 Å². The minimum atomic E-state index is 0.732. The van der Waals surface area contributed by atoms with E-state index in [-0.39, 0.29) is 0 Å². The minimum absolute atomic E-state index is 0.732. The molecule has 1 aromatic carbocycles. The molecule has 3 atom stereocenters. The summed E-state index contributed by atoms with van der Waals surface area (Å²) in [7, 11) is 0. The molecule has 2 heteroatoms. The number of rotatable bonds is 4. The lowest BCUT2D eigenvalue weighted by Gasteiger charge is -2.11. The van der Waals surface area contributed by atoms with Crippen molar-refractivity contribution in [3.63, 3.8) is 0 Å². The second kappa shape index (κ2) is 4.42. The van der Waals surface area contributed by atoms with Crippen molar-refractivity contribution in [3.05, 3.63) is 29.8 Å². The van der Waals surface area contributed by atoms with Crippen molar-refractivity contribution >= 4 is 11.8 Å². The molecule has 1 aliphatic heterocycles. The zero-order chi connectivity index (χ0) is 11.0. The van der Waals surface area contributed by atoms with Crippen LogP contribution in [0.25, 0.3) is 0 Å². The highest BCUT2D eigenvalue weighted by atomic mass is 32.2. The monoisotopic (exact) mass is 233 g/mol. The van der Waals surface area contributed by atoms with Gasteiger partial charge in [0, 0.05) is 23.1 Å². The Balaban J connectivity index is 1.53. The molecule has 0 aromatic heterocycles. The third-order valence-corrected chi connectivity index (χ3v) is 5.12. The summed E-state index contributed by atoms with van der Waals surface area (Å²) >= 11 is 2.01. The zero-order valence-corrected chi connectivity index (χ0v) is 10.6. The van der Waals surface area contributed by atoms with Gasteiger partial charge in [-0.3, -0.25) is 0 Å². The van der Waals surface area contributed by atoms with Gasteiger partial charge in [0.05, 0.1) is 0 Å². The highest BCUT2D eigenvalue weighted by Gasteiger charge is 2.32. The average Bonchev–Trinajstić information content (AvgIpc) is 2.86. The van der Waals surface area contributed by atoms with Crippen LogP contribution in [0.4, 0.5) is 0 Å². The molecular weight excluding hydrogens is 214 g/mol. The number of fused-ring (bicyclic) bond motifs is 1. The quantitative estimate of drug-likeness (QED) is 0.857. The molecule has 1 aliphatic carbocycles. The van der Waals surface area contributed by atoms with Gasteiger partial charge < -0.3 is 5.32 Å². The molecule has 1 nitrogen and oxygen atoms in total. The first kappa shape index (κ1) is 10.7. The Bertz CT molecular complexity index is 377. The molecule has 1 aromatic rings. The molecule has 0 bridgehead atoms. The third-order valence-electron chi connectivity index (χ3n) is 3.87. The van der Waals surface area contributed by atoms with Crippen molar-refractivity contribution in [2.75, 3.05) is 18.8 Å². The van der Waals surface area contributed by atoms with E-state index in [4.69, 9.17) is 0 Å². The van der Waals surface area contributed by atoms with Crippen LogP contribution in [0, 0.1) is 11.8 Å². The summed E-state index contributed by atoms with van der Waals surface area (Å²) in [6.07, 6.45) is 1.43. The lowest BCUT2D eigenvalue weighted by molar-refractivity contribution is 0.576. The highest BCUT2D eigenvalue weighted by Crippen LogP contribution is 2.39. The maximum Gasteiger partial charge on any atom is 0.0108 e. The second-order valence-electron chi connectivity index (χ2n) is 5.18. The topological polar surface area (TPSA) is 12.0 Å². The van der Waals surface area contributed by atoms with Crippen LogP contribution in [0.1, 0.15) is 24.8 Å². The second-order valence-corrected chi connectivity index (χ2v) is 6.24. The van der Waals surface area contributed by atoms with Crippen LogP contribution < -0.4 is 5.32 Å². The van der Waals surface area contributed by atoms with Crippen molar-refractivity contribution in [2.24, 2.45) is 11.8 Å². The molecule has 1 fully saturated rings. The number of benzene rings is 1. The minimum Gasteiger partial charge on any atom is -0.316 e. The van der Waals surface area contributed by atoms with Gasteiger partial charge in [0.15, 0.2) is 0 Å². The molecule has 0 amide bonds. The molecule has 3 rings (SSSR count). The maximum atomic E-state index is 3.65. The van der Waals surface area contributed by atoms with E-state index in [1.165, 1.54) is 23.6 Å². The smallest absolute Gasteiger partial charge is 0.0108 e. The Hall–Kier alpha value is -0.470. The molecule has 3 unspecified atom stereocenters. The summed E-state index contributed by atoms with van der Waals surface area (Å²) in [5, 5.41) is 3.65. The van der Waals surface area contributed by atoms with Crippen LogP contribution in [-0.2, 0) is 0 Å². The summed E-state index contributed by atoms with van der Waals surface area (Å²) < 4.78 is 0. The van der Waals surface area contributed by atoms with Gasteiger partial charge >= 0.3 is 0 Å². The normalized spacial score (nSPS) is 31.4. The van der Waals surface area contributed by atoms with Crippen molar-refractivity contribution in [3.8, 4) is 0 Å². The number of hydrogen-bond donors (Lipinski definition) is 1. The third kappa shape index (κ3) is 2.14. The molecule has 0 saturated heterocycles. The van der Waals surface area contributed by atoms with Gasteiger partial charge in [-0.15, -0.1) is 11.8 Å². The molecule has 1 N–H and O–H groups in total. The van der Waals surface area contributed by atoms with Crippen LogP contribution >= 0.6 is 11.8 Å². The van der Waals surface area contributed by atoms with Gasteiger partial charge in [-0.25, -0.2) is 0 Å². The van der Waals surface area contributed by atoms with Gasteiger partial charge in [0.1, 0.15) is 0 Å². The van der Waals surface area contributed by atoms with Crippen LogP contribution in [-0.4, -0.2) is 18.8 Å². The summed E-state index contributed by atoms with van der Waals surface area (Å²) in [5.41, 5.74) is 1.56. The van der Waals surface area contributed by atoms with Crippen molar-refractivity contribution in [1.82, 2.24) is 5.32 Å². The SMILES string of the molecule is CC1CC1CNCC1CSc2ccccc21. The Labute approximate surface area is 102 Å².